The summed E-state index contributed by atoms with van der Waals surface area (Å²) in [5, 5.41) is 2.84. The van der Waals surface area contributed by atoms with Crippen molar-refractivity contribution < 1.29 is 4.79 Å². The predicted octanol–water partition coefficient (Wildman–Crippen LogP) is 1.91. The van der Waals surface area contributed by atoms with E-state index in [0.29, 0.717) is 24.7 Å². The molecule has 4 nitrogen and oxygen atoms in total. The number of aromatic nitrogens is 1. The first-order valence-electron chi connectivity index (χ1n) is 6.73. The highest BCUT2D eigenvalue weighted by Gasteiger charge is 2.18. The Morgan fingerprint density at radius 3 is 3.00 bits per heavy atom. The van der Waals surface area contributed by atoms with Gasteiger partial charge >= 0.3 is 0 Å². The zero-order chi connectivity index (χ0) is 13.5. The molecule has 2 rings (SSSR count). The summed E-state index contributed by atoms with van der Waals surface area (Å²) in [7, 11) is 0. The summed E-state index contributed by atoms with van der Waals surface area (Å²) >= 11 is 0. The molecule has 1 aliphatic rings. The van der Waals surface area contributed by atoms with Crippen LogP contribution in [0.4, 0.5) is 5.82 Å². The molecule has 0 atom stereocenters. The number of nitrogens with one attached hydrogen (secondary N) is 1. The average molecular weight is 257 g/mol. The van der Waals surface area contributed by atoms with Crippen molar-refractivity contribution in [1.82, 2.24) is 4.98 Å². The molecule has 1 fully saturated rings. The van der Waals surface area contributed by atoms with Crippen LogP contribution in [-0.4, -0.2) is 17.4 Å². The molecule has 0 spiro atoms. The summed E-state index contributed by atoms with van der Waals surface area (Å²) in [5.41, 5.74) is 6.14. The predicted molar refractivity (Wildman–Crippen MR) is 75.4 cm³/mol. The fourth-order valence-corrected chi connectivity index (χ4v) is 2.40. The van der Waals surface area contributed by atoms with Gasteiger partial charge in [-0.25, -0.2) is 4.98 Å². The van der Waals surface area contributed by atoms with Crippen LogP contribution in [0.1, 0.15) is 37.7 Å². The summed E-state index contributed by atoms with van der Waals surface area (Å²) in [6.45, 7) is 0.325. The van der Waals surface area contributed by atoms with Gasteiger partial charge in [-0.1, -0.05) is 24.7 Å². The van der Waals surface area contributed by atoms with E-state index in [-0.39, 0.29) is 5.91 Å². The molecule has 1 aromatic heterocycles. The number of pyridine rings is 1. The Morgan fingerprint density at radius 2 is 2.26 bits per heavy atom. The number of rotatable bonds is 3. The van der Waals surface area contributed by atoms with Crippen molar-refractivity contribution in [3.63, 3.8) is 0 Å². The molecular formula is C15H19N3O. The van der Waals surface area contributed by atoms with Crippen LogP contribution < -0.4 is 11.1 Å². The number of carbonyl (C=O) groups is 1. The minimum Gasteiger partial charge on any atom is -0.320 e. The second-order valence-corrected chi connectivity index (χ2v) is 4.84. The molecule has 0 unspecified atom stereocenters. The van der Waals surface area contributed by atoms with E-state index in [0.717, 1.165) is 5.56 Å². The van der Waals surface area contributed by atoms with E-state index in [1.807, 2.05) is 0 Å². The summed E-state index contributed by atoms with van der Waals surface area (Å²) in [6.07, 6.45) is 7.08. The SMILES string of the molecule is NCC#Cc1ccnc(NC(=O)CC2CCCC2)c1. The van der Waals surface area contributed by atoms with Crippen molar-refractivity contribution in [3.8, 4) is 11.8 Å². The lowest BCUT2D eigenvalue weighted by Gasteiger charge is -2.09. The normalized spacial score (nSPS) is 14.8. The molecule has 0 aromatic carbocycles. The molecule has 0 bridgehead atoms. The van der Waals surface area contributed by atoms with Crippen LogP contribution in [0.5, 0.6) is 0 Å². The van der Waals surface area contributed by atoms with Gasteiger partial charge in [-0.05, 0) is 30.9 Å². The third-order valence-corrected chi connectivity index (χ3v) is 3.31. The van der Waals surface area contributed by atoms with Crippen LogP contribution >= 0.6 is 0 Å². The summed E-state index contributed by atoms with van der Waals surface area (Å²) in [4.78, 5) is 16.0. The second kappa shape index (κ2) is 6.91. The number of amides is 1. The molecule has 0 aliphatic heterocycles. The van der Waals surface area contributed by atoms with Gasteiger partial charge in [0.25, 0.3) is 0 Å². The summed E-state index contributed by atoms with van der Waals surface area (Å²) in [6, 6.07) is 3.57. The highest BCUT2D eigenvalue weighted by atomic mass is 16.1. The Kier molecular flexibility index (Phi) is 4.93. The van der Waals surface area contributed by atoms with Crippen LogP contribution in [0.25, 0.3) is 0 Å². The maximum absolute atomic E-state index is 11.9. The van der Waals surface area contributed by atoms with Gasteiger partial charge in [-0.2, -0.15) is 0 Å². The molecule has 3 N–H and O–H groups in total. The third kappa shape index (κ3) is 4.38. The van der Waals surface area contributed by atoms with E-state index in [1.54, 1.807) is 18.3 Å². The van der Waals surface area contributed by atoms with Crippen LogP contribution in [0.3, 0.4) is 0 Å². The standard InChI is InChI=1S/C15H19N3O/c16-8-3-6-13-7-9-17-14(10-13)18-15(19)11-12-4-1-2-5-12/h7,9-10,12H,1-2,4-5,8,11,16H2,(H,17,18,19). The number of hydrogen-bond donors (Lipinski definition) is 2. The Bertz CT molecular complexity index is 496. The van der Waals surface area contributed by atoms with E-state index in [9.17, 15) is 4.79 Å². The van der Waals surface area contributed by atoms with E-state index >= 15 is 0 Å². The summed E-state index contributed by atoms with van der Waals surface area (Å²) in [5.74, 6) is 6.85. The van der Waals surface area contributed by atoms with Crippen molar-refractivity contribution in [2.45, 2.75) is 32.1 Å². The fourth-order valence-electron chi connectivity index (χ4n) is 2.40. The van der Waals surface area contributed by atoms with E-state index in [4.69, 9.17) is 5.73 Å². The molecule has 1 amide bonds. The van der Waals surface area contributed by atoms with Gasteiger partial charge in [0, 0.05) is 18.2 Å². The molecule has 1 saturated carbocycles. The van der Waals surface area contributed by atoms with Crippen molar-refractivity contribution in [2.24, 2.45) is 11.7 Å². The van der Waals surface area contributed by atoms with Gasteiger partial charge in [-0.3, -0.25) is 4.79 Å². The first-order valence-corrected chi connectivity index (χ1v) is 6.73. The Hall–Kier alpha value is -1.86. The van der Waals surface area contributed by atoms with Gasteiger partial charge in [0.1, 0.15) is 5.82 Å². The van der Waals surface area contributed by atoms with Gasteiger partial charge in [0.15, 0.2) is 0 Å². The molecule has 0 radical (unpaired) electrons. The number of nitrogens with two attached hydrogens (primary N) is 1. The topological polar surface area (TPSA) is 68.0 Å². The van der Waals surface area contributed by atoms with Crippen molar-refractivity contribution in [3.05, 3.63) is 23.9 Å². The van der Waals surface area contributed by atoms with Crippen LogP contribution in [0, 0.1) is 17.8 Å². The Balaban J connectivity index is 1.92. The first kappa shape index (κ1) is 13.6. The first-order chi connectivity index (χ1) is 9.28. The van der Waals surface area contributed by atoms with Gasteiger partial charge in [0.05, 0.1) is 6.54 Å². The number of nitrogens with zero attached hydrogens (tertiary/aromatic N) is 1. The zero-order valence-corrected chi connectivity index (χ0v) is 11.0. The van der Waals surface area contributed by atoms with Gasteiger partial charge in [-0.15, -0.1) is 0 Å². The minimum atomic E-state index is 0.0448. The van der Waals surface area contributed by atoms with E-state index in [1.165, 1.54) is 25.7 Å². The highest BCUT2D eigenvalue weighted by Crippen LogP contribution is 2.27. The lowest BCUT2D eigenvalue weighted by Crippen LogP contribution is -2.15. The van der Waals surface area contributed by atoms with Crippen LogP contribution in [0.2, 0.25) is 0 Å². The zero-order valence-electron chi connectivity index (χ0n) is 11.0. The largest absolute Gasteiger partial charge is 0.320 e. The van der Waals surface area contributed by atoms with Crippen LogP contribution in [0.15, 0.2) is 18.3 Å². The molecule has 1 aromatic rings. The second-order valence-electron chi connectivity index (χ2n) is 4.84. The van der Waals surface area contributed by atoms with Crippen molar-refractivity contribution in [2.75, 3.05) is 11.9 Å². The maximum atomic E-state index is 11.9. The molecule has 19 heavy (non-hydrogen) atoms. The smallest absolute Gasteiger partial charge is 0.225 e. The molecule has 0 saturated heterocycles. The molecule has 1 heterocycles. The molecule has 4 heteroatoms. The van der Waals surface area contributed by atoms with Crippen LogP contribution in [-0.2, 0) is 4.79 Å². The van der Waals surface area contributed by atoms with Gasteiger partial charge < -0.3 is 11.1 Å². The lowest BCUT2D eigenvalue weighted by atomic mass is 10.0. The Labute approximate surface area is 113 Å². The average Bonchev–Trinajstić information content (AvgIpc) is 2.89. The van der Waals surface area contributed by atoms with Crippen molar-refractivity contribution in [1.29, 1.82) is 0 Å². The van der Waals surface area contributed by atoms with E-state index < -0.39 is 0 Å². The third-order valence-electron chi connectivity index (χ3n) is 3.31. The molecule has 100 valence electrons. The number of hydrogen-bond acceptors (Lipinski definition) is 3. The molecular weight excluding hydrogens is 238 g/mol. The summed E-state index contributed by atoms with van der Waals surface area (Å²) < 4.78 is 0. The maximum Gasteiger partial charge on any atom is 0.225 e. The van der Waals surface area contributed by atoms with E-state index in [2.05, 4.69) is 22.1 Å². The quantitative estimate of drug-likeness (QED) is 0.813. The van der Waals surface area contributed by atoms with Gasteiger partial charge in [0.2, 0.25) is 5.91 Å². The van der Waals surface area contributed by atoms with Crippen molar-refractivity contribution >= 4 is 11.7 Å². The highest BCUT2D eigenvalue weighted by molar-refractivity contribution is 5.90. The monoisotopic (exact) mass is 257 g/mol. The number of anilines is 1. The number of carbonyl (C=O) groups excluding carboxylic acids is 1. The minimum absolute atomic E-state index is 0.0448. The fraction of sp³-hybridized carbons (Fsp3) is 0.467. The lowest BCUT2D eigenvalue weighted by molar-refractivity contribution is -0.117. The Morgan fingerprint density at radius 1 is 1.47 bits per heavy atom. The molecule has 1 aliphatic carbocycles.